The van der Waals surface area contributed by atoms with Gasteiger partial charge in [0.15, 0.2) is 0 Å². The number of carbonyl (C=O) groups excluding carboxylic acids is 2. The quantitative estimate of drug-likeness (QED) is 0.0713. The summed E-state index contributed by atoms with van der Waals surface area (Å²) in [4.78, 5) is 91.2. The van der Waals surface area contributed by atoms with Crippen molar-refractivity contribution in [2.45, 2.75) is 174 Å². The molecule has 0 unspecified atom stereocenters. The molecule has 13 heterocycles. The highest BCUT2D eigenvalue weighted by molar-refractivity contribution is 9.10. The van der Waals surface area contributed by atoms with Crippen LogP contribution in [0.2, 0.25) is 0 Å². The van der Waals surface area contributed by atoms with Gasteiger partial charge in [0.1, 0.15) is 63.2 Å². The number of aryl methyl sites for hydroxylation is 9. The fraction of sp³-hybridized carbons (Fsp3) is 0.299. The number of nitrogens with two attached hydrogens (primary N) is 1. The van der Waals surface area contributed by atoms with Gasteiger partial charge in [-0.3, -0.25) is 40.0 Å². The highest BCUT2D eigenvalue weighted by atomic mass is 79.9. The van der Waals surface area contributed by atoms with Gasteiger partial charge in [0, 0.05) is 105 Å². The van der Waals surface area contributed by atoms with E-state index in [0.717, 1.165) is 117 Å². The van der Waals surface area contributed by atoms with Crippen LogP contribution in [0, 0.1) is 62.3 Å². The number of nitrogens with one attached hydrogen (secondary N) is 2. The molecule has 1 fully saturated rings. The molecule has 16 rings (SSSR count). The molecule has 0 aliphatic carbocycles. The van der Waals surface area contributed by atoms with E-state index in [1.165, 1.54) is 0 Å². The van der Waals surface area contributed by atoms with Crippen molar-refractivity contribution in [3.8, 4) is 72.9 Å². The second-order valence-electron chi connectivity index (χ2n) is 34.3. The number of pyridine rings is 9. The summed E-state index contributed by atoms with van der Waals surface area (Å²) in [5.41, 5.74) is 20.8. The third-order valence-electron chi connectivity index (χ3n) is 21.9. The number of methoxy groups -OCH3 is 3. The molecule has 15 aromatic rings. The normalized spacial score (nSPS) is 12.8. The fourth-order valence-electron chi connectivity index (χ4n) is 14.9. The number of rotatable bonds is 17. The Morgan fingerprint density at radius 3 is 1.11 bits per heavy atom. The summed E-state index contributed by atoms with van der Waals surface area (Å²) in [5.74, 6) is 5.20. The van der Waals surface area contributed by atoms with Crippen molar-refractivity contribution in [3.05, 3.63) is 268 Å². The molecule has 666 valence electrons. The van der Waals surface area contributed by atoms with Gasteiger partial charge in [-0.15, -0.1) is 0 Å². The lowest BCUT2D eigenvalue weighted by Gasteiger charge is -2.32. The molecule has 0 atom stereocenters. The molecule has 3 aromatic carbocycles. The average molecular weight is 1810 g/mol. The Morgan fingerprint density at radius 1 is 0.442 bits per heavy atom. The number of halogens is 1. The number of ether oxygens (including phenoxy) is 5. The minimum Gasteiger partial charge on any atom is -0.496 e. The van der Waals surface area contributed by atoms with E-state index in [9.17, 15) is 24.0 Å². The van der Waals surface area contributed by atoms with E-state index in [0.29, 0.717) is 97.1 Å². The lowest BCUT2D eigenvalue weighted by molar-refractivity contribution is 0.00578. The minimum absolute atomic E-state index is 0.120. The summed E-state index contributed by atoms with van der Waals surface area (Å²) in [6.07, 6.45) is 8.87. The van der Waals surface area contributed by atoms with Crippen LogP contribution in [0.5, 0.6) is 17.2 Å². The molecule has 2 amide bonds. The first-order valence-corrected chi connectivity index (χ1v) is 42.3. The van der Waals surface area contributed by atoms with Crippen molar-refractivity contribution in [2.75, 3.05) is 37.7 Å². The van der Waals surface area contributed by atoms with Gasteiger partial charge < -0.3 is 66.0 Å². The van der Waals surface area contributed by atoms with Crippen LogP contribution in [-0.4, -0.2) is 122 Å². The van der Waals surface area contributed by atoms with E-state index < -0.39 is 41.7 Å². The number of benzene rings is 3. The summed E-state index contributed by atoms with van der Waals surface area (Å²) in [6, 6.07) is 39.7. The number of hydrogen-bond donors (Lipinski definition) is 3. The summed E-state index contributed by atoms with van der Waals surface area (Å²) < 4.78 is 61.6. The predicted molar refractivity (Wildman–Crippen MR) is 502 cm³/mol. The molecule has 32 heteroatoms. The van der Waals surface area contributed by atoms with E-state index in [4.69, 9.17) is 52.3 Å². The van der Waals surface area contributed by atoms with Gasteiger partial charge in [0.25, 0.3) is 16.7 Å². The number of nitrogens with zero attached hydrogens (tertiary/aromatic N) is 12. The topological polar surface area (TPSA) is 370 Å². The summed E-state index contributed by atoms with van der Waals surface area (Å²) in [6.45, 7) is 36.6. The Bertz CT molecular complexity index is 6860. The van der Waals surface area contributed by atoms with Crippen LogP contribution in [0.3, 0.4) is 0 Å². The zero-order chi connectivity index (χ0) is 93.0. The Hall–Kier alpha value is -14.0. The van der Waals surface area contributed by atoms with E-state index in [-0.39, 0.29) is 23.2 Å². The second kappa shape index (κ2) is 37.9. The Labute approximate surface area is 754 Å². The summed E-state index contributed by atoms with van der Waals surface area (Å²) >= 11 is 3.40. The van der Waals surface area contributed by atoms with Crippen LogP contribution >= 0.6 is 15.9 Å². The van der Waals surface area contributed by atoms with Gasteiger partial charge in [0.05, 0.1) is 124 Å². The molecule has 1 saturated heterocycles. The van der Waals surface area contributed by atoms with Gasteiger partial charge in [-0.1, -0.05) is 39.7 Å². The van der Waals surface area contributed by atoms with Crippen molar-refractivity contribution in [2.24, 2.45) is 0 Å². The molecule has 1 aliphatic rings. The predicted octanol–water partition coefficient (Wildman–Crippen LogP) is 18.6. The van der Waals surface area contributed by atoms with Crippen molar-refractivity contribution < 1.29 is 56.2 Å². The number of amides is 2. The number of nitrogen functional groups attached to an aromatic ring is 1. The molecular formula is C97H103BBrN15O15. The zero-order valence-electron chi connectivity index (χ0n) is 76.2. The molecule has 0 saturated carbocycles. The highest BCUT2D eigenvalue weighted by Crippen LogP contribution is 2.43. The highest BCUT2D eigenvalue weighted by Gasteiger charge is 2.52. The lowest BCUT2D eigenvalue weighted by Crippen LogP contribution is -2.41. The monoisotopic (exact) mass is 1810 g/mol. The van der Waals surface area contributed by atoms with E-state index in [1.54, 1.807) is 93.0 Å². The molecule has 0 radical (unpaired) electrons. The SMILES string of the molecule is COc1cc2c(cc1-c1c(C)noc1C)cc(-c1cnc(N)c(C)c1)c(=O)n2Cc1ccccn1.COc1cc2c(cc1-c1c(C)noc1C)cc(-c1cnc(NC(=O)OC(C)(C)C)c(C)c1)c(=O)n2Cc1ccccn1.COc1cc2c(cc1-c1c(C)noc1C)cc(Br)c(=O)n2Cc1ccccn1.Cc1cc(B2OC(C)(C)C(C)(C)O2)cnc1NC(=O)OC(C)(C)C. The molecule has 129 heavy (non-hydrogen) atoms. The van der Waals surface area contributed by atoms with E-state index in [1.807, 2.05) is 238 Å². The largest absolute Gasteiger partial charge is 0.496 e. The number of hydrogen-bond acceptors (Lipinski definition) is 25. The third kappa shape index (κ3) is 20.7. The molecule has 12 aromatic heterocycles. The number of anilines is 3. The molecule has 0 spiro atoms. The van der Waals surface area contributed by atoms with Crippen LogP contribution in [0.1, 0.15) is 137 Å². The standard InChI is InChI=1S/C32H33N5O5.C27H25N5O3.C21H18BrN3O3.C17H27BN2O4/c1-18-12-22(16-34-29(18)35-31(39)41-32(4,5)6)24-13-21-14-25(28-19(2)36-42-20(28)3)27(40-7)15-26(21)37(30(24)38)17-23-10-8-9-11-33-23;1-15-9-19(13-30-26(15)28)21-10-18-11-22(25-16(2)31-35-17(25)3)24(34-4)12-23(18)32(27(21)33)14-20-7-5-6-8-29-20;1-12-20(13(2)28-24-12)16-8-14-9-17(22)21(26)25(18(14)10-19(16)27-3)11-15-6-4-5-7-23-15;1-11-9-12(18-23-16(5,6)17(7,8)24-18)10-19-13(11)20-14(21)22-15(2,3)4/h8-16H,17H2,1-7H3,(H,34,35,39);5-13H,14H2,1-4H3,(H2,28,30);4-10H,11H2,1-3H3;9-10H,1-8H3,(H,19,20,21). The average Bonchev–Trinajstić information content (AvgIpc) is 1.35. The molecule has 0 bridgehead atoms. The molecular weight excluding hydrogens is 1710 g/mol. The number of fused-ring (bicyclic) bond motifs is 3. The maximum atomic E-state index is 14.1. The van der Waals surface area contributed by atoms with Crippen molar-refractivity contribution in [1.29, 1.82) is 0 Å². The first-order valence-electron chi connectivity index (χ1n) is 41.6. The fourth-order valence-corrected chi connectivity index (χ4v) is 15.4. The van der Waals surface area contributed by atoms with Crippen molar-refractivity contribution >= 4 is 90.9 Å². The van der Waals surface area contributed by atoms with Crippen LogP contribution in [0.25, 0.3) is 88.3 Å². The Morgan fingerprint density at radius 2 is 0.783 bits per heavy atom. The van der Waals surface area contributed by atoms with Gasteiger partial charge >= 0.3 is 19.3 Å². The van der Waals surface area contributed by atoms with Crippen molar-refractivity contribution in [1.82, 2.24) is 59.1 Å². The van der Waals surface area contributed by atoms with Gasteiger partial charge in [0.2, 0.25) is 0 Å². The van der Waals surface area contributed by atoms with E-state index in [2.05, 4.69) is 71.9 Å². The zero-order valence-corrected chi connectivity index (χ0v) is 77.8. The lowest BCUT2D eigenvalue weighted by atomic mass is 9.80. The molecule has 1 aliphatic heterocycles. The maximum absolute atomic E-state index is 14.1. The van der Waals surface area contributed by atoms with Crippen LogP contribution in [-0.2, 0) is 38.4 Å². The first-order chi connectivity index (χ1) is 61.1. The molecule has 4 N–H and O–H groups in total. The van der Waals surface area contributed by atoms with Crippen LogP contribution < -0.4 is 52.7 Å². The third-order valence-corrected chi connectivity index (χ3v) is 22.5. The van der Waals surface area contributed by atoms with Gasteiger partial charge in [-0.2, -0.15) is 0 Å². The minimum atomic E-state index is -0.646. The molecule has 30 nitrogen and oxygen atoms in total. The maximum Gasteiger partial charge on any atom is 0.496 e. The van der Waals surface area contributed by atoms with Crippen molar-refractivity contribution in [3.63, 3.8) is 0 Å². The summed E-state index contributed by atoms with van der Waals surface area (Å²) in [5, 5.41) is 20.2. The Balaban J connectivity index is 0.000000150. The Kier molecular flexibility index (Phi) is 27.2. The second-order valence-corrected chi connectivity index (χ2v) is 35.1. The van der Waals surface area contributed by atoms with Gasteiger partial charge in [-0.25, -0.2) is 24.5 Å². The first kappa shape index (κ1) is 92.7. The van der Waals surface area contributed by atoms with Crippen LogP contribution in [0.4, 0.5) is 27.0 Å². The summed E-state index contributed by atoms with van der Waals surface area (Å²) in [7, 11) is 4.35. The van der Waals surface area contributed by atoms with E-state index >= 15 is 0 Å². The smallest absolute Gasteiger partial charge is 0.496 e. The van der Waals surface area contributed by atoms with Crippen LogP contribution in [0.15, 0.2) is 197 Å². The number of carbonyl (C=O) groups is 2. The number of aromatic nitrogens is 12. The van der Waals surface area contributed by atoms with Gasteiger partial charge in [-0.05, 0) is 260 Å².